The molecule has 2 aromatic rings. The normalized spacial score (nSPS) is 11.7. The number of rotatable bonds is 4. The largest absolute Gasteiger partial charge is 0.325 e. The molecule has 0 heterocycles. The molecule has 0 saturated carbocycles. The van der Waals surface area contributed by atoms with Gasteiger partial charge in [0, 0.05) is 5.56 Å². The average Bonchev–Trinajstić information content (AvgIpc) is 2.51. The molecule has 0 fully saturated rings. The molecule has 0 aromatic heterocycles. The van der Waals surface area contributed by atoms with E-state index in [0.717, 1.165) is 16.6 Å². The minimum atomic E-state index is -4.02. The topological polar surface area (TPSA) is 54.4 Å². The number of hydrogen-bond donors (Lipinski definition) is 1. The summed E-state index contributed by atoms with van der Waals surface area (Å²) >= 11 is 0. The molecular formula is C21H32NO3S+. The molecule has 26 heavy (non-hydrogen) atoms. The molecule has 0 aliphatic carbocycles. The van der Waals surface area contributed by atoms with E-state index in [1.165, 1.54) is 40.9 Å². The van der Waals surface area contributed by atoms with E-state index in [1.807, 2.05) is 6.92 Å². The van der Waals surface area contributed by atoms with Crippen LogP contribution in [0.3, 0.4) is 0 Å². The molecule has 0 atom stereocenters. The van der Waals surface area contributed by atoms with Gasteiger partial charge in [-0.2, -0.15) is 8.42 Å². The highest BCUT2D eigenvalue weighted by atomic mass is 32.2. The quantitative estimate of drug-likeness (QED) is 0.632. The maximum Gasteiger partial charge on any atom is 0.294 e. The predicted octanol–water partition coefficient (Wildman–Crippen LogP) is 4.45. The Morgan fingerprint density at radius 3 is 1.73 bits per heavy atom. The van der Waals surface area contributed by atoms with Crippen LogP contribution in [0.25, 0.3) is 0 Å². The van der Waals surface area contributed by atoms with Crippen molar-refractivity contribution in [3.05, 3.63) is 64.2 Å². The van der Waals surface area contributed by atoms with Crippen molar-refractivity contribution < 1.29 is 17.5 Å². The van der Waals surface area contributed by atoms with E-state index in [4.69, 9.17) is 4.55 Å². The third kappa shape index (κ3) is 6.90. The maximum absolute atomic E-state index is 10.5. The van der Waals surface area contributed by atoms with Crippen LogP contribution >= 0.6 is 0 Å². The molecule has 0 aliphatic rings. The summed E-state index contributed by atoms with van der Waals surface area (Å²) in [6.07, 6.45) is 0. The second kappa shape index (κ2) is 8.80. The van der Waals surface area contributed by atoms with E-state index in [2.05, 4.69) is 53.9 Å². The van der Waals surface area contributed by atoms with Gasteiger partial charge in [0.2, 0.25) is 0 Å². The van der Waals surface area contributed by atoms with Crippen LogP contribution in [-0.2, 0) is 16.7 Å². The fraction of sp³-hybridized carbons (Fsp3) is 0.429. The van der Waals surface area contributed by atoms with Crippen molar-refractivity contribution in [1.82, 2.24) is 0 Å². The van der Waals surface area contributed by atoms with Gasteiger partial charge in [-0.15, -0.1) is 0 Å². The van der Waals surface area contributed by atoms with Gasteiger partial charge in [0.15, 0.2) is 0 Å². The van der Waals surface area contributed by atoms with Crippen LogP contribution < -0.4 is 0 Å². The van der Waals surface area contributed by atoms with Crippen LogP contribution in [0.2, 0.25) is 0 Å². The number of benzene rings is 2. The van der Waals surface area contributed by atoms with E-state index < -0.39 is 10.1 Å². The van der Waals surface area contributed by atoms with Crippen LogP contribution in [0.1, 0.15) is 34.7 Å². The highest BCUT2D eigenvalue weighted by Gasteiger charge is 2.16. The first-order valence-corrected chi connectivity index (χ1v) is 10.2. The summed E-state index contributed by atoms with van der Waals surface area (Å²) in [6.45, 7) is 13.0. The fourth-order valence-electron chi connectivity index (χ4n) is 2.71. The molecular weight excluding hydrogens is 346 g/mol. The summed E-state index contributed by atoms with van der Waals surface area (Å²) in [7, 11) is 0.561. The Bertz CT molecular complexity index is 815. The molecule has 0 saturated heterocycles. The first-order chi connectivity index (χ1) is 11.9. The SMILES string of the molecule is CC[N+](C)(C)Cc1c(C)cc(C)cc1C.Cc1ccc(S(=O)(=O)O)cc1. The number of quaternary nitrogens is 1. The Morgan fingerprint density at radius 2 is 1.35 bits per heavy atom. The molecule has 144 valence electrons. The molecule has 4 nitrogen and oxygen atoms in total. The smallest absolute Gasteiger partial charge is 0.294 e. The van der Waals surface area contributed by atoms with E-state index >= 15 is 0 Å². The molecule has 5 heteroatoms. The summed E-state index contributed by atoms with van der Waals surface area (Å²) < 4.78 is 30.6. The number of aryl methyl sites for hydroxylation is 4. The summed E-state index contributed by atoms with van der Waals surface area (Å²) in [5.41, 5.74) is 6.72. The van der Waals surface area contributed by atoms with Crippen molar-refractivity contribution >= 4 is 10.1 Å². The summed E-state index contributed by atoms with van der Waals surface area (Å²) in [4.78, 5) is -0.0666. The van der Waals surface area contributed by atoms with Gasteiger partial charge in [-0.3, -0.25) is 4.55 Å². The Morgan fingerprint density at radius 1 is 0.885 bits per heavy atom. The summed E-state index contributed by atoms with van der Waals surface area (Å²) in [5, 5.41) is 0. The van der Waals surface area contributed by atoms with Crippen molar-refractivity contribution in [2.75, 3.05) is 20.6 Å². The van der Waals surface area contributed by atoms with Gasteiger partial charge in [-0.1, -0.05) is 35.4 Å². The average molecular weight is 379 g/mol. The number of hydrogen-bond acceptors (Lipinski definition) is 2. The molecule has 0 aliphatic heterocycles. The van der Waals surface area contributed by atoms with Crippen LogP contribution in [0.15, 0.2) is 41.3 Å². The Labute approximate surface area is 158 Å². The molecule has 0 unspecified atom stereocenters. The molecule has 2 aromatic carbocycles. The molecule has 0 bridgehead atoms. The number of nitrogens with zero attached hydrogens (tertiary/aromatic N) is 1. The lowest BCUT2D eigenvalue weighted by Crippen LogP contribution is -2.38. The van der Waals surface area contributed by atoms with Crippen molar-refractivity contribution in [2.24, 2.45) is 0 Å². The van der Waals surface area contributed by atoms with Crippen LogP contribution in [0.4, 0.5) is 0 Å². The Kier molecular flexibility index (Phi) is 7.57. The monoisotopic (exact) mass is 378 g/mol. The van der Waals surface area contributed by atoms with E-state index in [-0.39, 0.29) is 4.90 Å². The molecule has 0 amide bonds. The molecule has 0 spiro atoms. The second-order valence-corrected chi connectivity index (χ2v) is 9.00. The van der Waals surface area contributed by atoms with Crippen molar-refractivity contribution in [3.8, 4) is 0 Å². The third-order valence-electron chi connectivity index (χ3n) is 4.60. The molecule has 0 radical (unpaired) electrons. The minimum absolute atomic E-state index is 0.0666. The first kappa shape index (κ1) is 22.4. The Balaban J connectivity index is 0.000000273. The van der Waals surface area contributed by atoms with E-state index in [0.29, 0.717) is 0 Å². The van der Waals surface area contributed by atoms with Gasteiger partial charge in [0.05, 0.1) is 25.5 Å². The van der Waals surface area contributed by atoms with Gasteiger partial charge >= 0.3 is 0 Å². The van der Waals surface area contributed by atoms with Gasteiger partial charge < -0.3 is 4.48 Å². The van der Waals surface area contributed by atoms with E-state index in [9.17, 15) is 8.42 Å². The van der Waals surface area contributed by atoms with Crippen molar-refractivity contribution in [3.63, 3.8) is 0 Å². The standard InChI is InChI=1S/C14H24N.C7H8O3S/c1-7-15(5,6)10-14-12(3)8-11(2)9-13(14)4;1-6-2-4-7(5-3-6)11(8,9)10/h8-9H,7,10H2,1-6H3;2-5H,1H3,(H,8,9,10)/q+1;. The van der Waals surface area contributed by atoms with Crippen molar-refractivity contribution in [1.29, 1.82) is 0 Å². The zero-order valence-corrected chi connectivity index (χ0v) is 17.8. The lowest BCUT2D eigenvalue weighted by molar-refractivity contribution is -0.901. The molecule has 1 N–H and O–H groups in total. The highest BCUT2D eigenvalue weighted by Crippen LogP contribution is 2.20. The summed E-state index contributed by atoms with van der Waals surface area (Å²) in [6, 6.07) is 10.6. The van der Waals surface area contributed by atoms with Crippen LogP contribution in [0.5, 0.6) is 0 Å². The fourth-order valence-corrected chi connectivity index (χ4v) is 3.19. The second-order valence-electron chi connectivity index (χ2n) is 7.58. The minimum Gasteiger partial charge on any atom is -0.325 e. The van der Waals surface area contributed by atoms with Crippen LogP contribution in [-0.4, -0.2) is 38.1 Å². The predicted molar refractivity (Wildman–Crippen MR) is 108 cm³/mol. The van der Waals surface area contributed by atoms with Crippen molar-refractivity contribution in [2.45, 2.75) is 46.1 Å². The zero-order chi connectivity index (χ0) is 20.1. The lowest BCUT2D eigenvalue weighted by atomic mass is 9.99. The van der Waals surface area contributed by atoms with Gasteiger partial charge in [-0.25, -0.2) is 0 Å². The first-order valence-electron chi connectivity index (χ1n) is 8.78. The zero-order valence-electron chi connectivity index (χ0n) is 17.0. The van der Waals surface area contributed by atoms with Crippen LogP contribution in [0, 0.1) is 27.7 Å². The van der Waals surface area contributed by atoms with E-state index in [1.54, 1.807) is 12.1 Å². The lowest BCUT2D eigenvalue weighted by Gasteiger charge is -2.29. The highest BCUT2D eigenvalue weighted by molar-refractivity contribution is 7.85. The third-order valence-corrected chi connectivity index (χ3v) is 5.47. The summed E-state index contributed by atoms with van der Waals surface area (Å²) in [5.74, 6) is 0. The van der Waals surface area contributed by atoms with Gasteiger partial charge in [-0.05, 0) is 57.9 Å². The molecule has 2 rings (SSSR count). The van der Waals surface area contributed by atoms with Gasteiger partial charge in [0.1, 0.15) is 6.54 Å². The maximum atomic E-state index is 10.5. The van der Waals surface area contributed by atoms with Gasteiger partial charge in [0.25, 0.3) is 10.1 Å². The Hall–Kier alpha value is -1.69.